The van der Waals surface area contributed by atoms with Gasteiger partial charge in [0.1, 0.15) is 0 Å². The smallest absolute Gasteiger partial charge is 0.870 e. The molecule has 0 heterocycles. The molecule has 2 aromatic carbocycles. The Morgan fingerprint density at radius 3 is 0.857 bits per heavy atom. The van der Waals surface area contributed by atoms with E-state index in [9.17, 15) is 0 Å². The number of benzene rings is 2. The Morgan fingerprint density at radius 1 is 0.500 bits per heavy atom. The van der Waals surface area contributed by atoms with E-state index < -0.39 is 0 Å². The Bertz CT molecular complexity index is 186. The van der Waals surface area contributed by atoms with Gasteiger partial charge < -0.3 is 5.48 Å². The maximum absolute atomic E-state index is 2.89. The quantitative estimate of drug-likeness (QED) is 0.651. The molecule has 2 heteroatoms. The molecule has 0 atom stereocenters. The zero-order valence-corrected chi connectivity index (χ0v) is 12.3. The molecular formula is C12H11OTl. The first-order valence-corrected chi connectivity index (χ1v) is 3.82. The van der Waals surface area contributed by atoms with Crippen molar-refractivity contribution in [2.75, 3.05) is 0 Å². The molecule has 0 spiro atoms. The molecule has 0 saturated heterocycles. The van der Waals surface area contributed by atoms with Gasteiger partial charge in [0.2, 0.25) is 0 Å². The summed E-state index contributed by atoms with van der Waals surface area (Å²) in [6, 6.07) is 25.0. The minimum absolute atomic E-state index is 0. The van der Waals surface area contributed by atoms with Crippen molar-refractivity contribution in [3.8, 4) is 0 Å². The monoisotopic (exact) mass is 376 g/mol. The predicted octanol–water partition coefficient (Wildman–Crippen LogP) is 2.42. The van der Waals surface area contributed by atoms with Crippen molar-refractivity contribution in [2.24, 2.45) is 0 Å². The molecule has 0 bridgehead atoms. The minimum Gasteiger partial charge on any atom is -0.870 e. The summed E-state index contributed by atoms with van der Waals surface area (Å²) in [5.41, 5.74) is 0. The topological polar surface area (TPSA) is 30.0 Å². The van der Waals surface area contributed by atoms with Gasteiger partial charge >= 0.3 is 27.3 Å². The first-order chi connectivity index (χ1) is 6.00. The summed E-state index contributed by atoms with van der Waals surface area (Å²) in [6.45, 7) is 0. The maximum atomic E-state index is 2.89. The largest absolute Gasteiger partial charge is 1.00 e. The molecule has 0 unspecified atom stereocenters. The Labute approximate surface area is 105 Å². The van der Waals surface area contributed by atoms with E-state index in [2.05, 4.69) is 12.1 Å². The molecule has 0 aliphatic rings. The second kappa shape index (κ2) is 12.3. The van der Waals surface area contributed by atoms with E-state index in [1.54, 1.807) is 0 Å². The van der Waals surface area contributed by atoms with Crippen LogP contribution in [0.5, 0.6) is 0 Å². The first-order valence-electron chi connectivity index (χ1n) is 3.82. The van der Waals surface area contributed by atoms with Gasteiger partial charge in [-0.2, -0.15) is 0 Å². The van der Waals surface area contributed by atoms with Crippen molar-refractivity contribution in [3.05, 3.63) is 72.8 Å². The summed E-state index contributed by atoms with van der Waals surface area (Å²) in [7, 11) is 0. The average Bonchev–Trinajstić information content (AvgIpc) is 2.24. The Balaban J connectivity index is 0. The van der Waals surface area contributed by atoms with Crippen LogP contribution in [-0.2, 0) is 0 Å². The van der Waals surface area contributed by atoms with Crippen molar-refractivity contribution in [1.82, 2.24) is 0 Å². The fourth-order valence-electron chi connectivity index (χ4n) is 0.684. The van der Waals surface area contributed by atoms with Crippen LogP contribution in [0.3, 0.4) is 0 Å². The van der Waals surface area contributed by atoms with Crippen LogP contribution in [0.2, 0.25) is 0 Å². The third-order valence-corrected chi connectivity index (χ3v) is 1.21. The SMILES string of the molecule is [OH-].[Tl+].[c]1ccccc1.[c]1ccccc1. The van der Waals surface area contributed by atoms with Crippen molar-refractivity contribution < 1.29 is 5.48 Å². The molecule has 0 amide bonds. The Morgan fingerprint density at radius 2 is 0.786 bits per heavy atom. The van der Waals surface area contributed by atoms with Crippen LogP contribution in [0, 0.1) is 12.1 Å². The van der Waals surface area contributed by atoms with Crippen LogP contribution in [-0.4, -0.2) is 32.8 Å². The summed E-state index contributed by atoms with van der Waals surface area (Å²) < 4.78 is 0. The summed E-state index contributed by atoms with van der Waals surface area (Å²) >= 11 is 0. The molecule has 0 aromatic heterocycles. The van der Waals surface area contributed by atoms with E-state index in [4.69, 9.17) is 0 Å². The van der Waals surface area contributed by atoms with Crippen LogP contribution in [0.15, 0.2) is 60.7 Å². The summed E-state index contributed by atoms with van der Waals surface area (Å²) in [5.74, 6) is 0. The molecule has 1 nitrogen and oxygen atoms in total. The van der Waals surface area contributed by atoms with Crippen molar-refractivity contribution in [2.45, 2.75) is 0 Å². The molecular weight excluding hydrogens is 365 g/mol. The zero-order chi connectivity index (χ0) is 8.49. The van der Waals surface area contributed by atoms with Gasteiger partial charge in [0.05, 0.1) is 0 Å². The predicted molar refractivity (Wildman–Crippen MR) is 58.2 cm³/mol. The van der Waals surface area contributed by atoms with Crippen molar-refractivity contribution >= 4 is 27.3 Å². The van der Waals surface area contributed by atoms with Crippen LogP contribution in [0.1, 0.15) is 0 Å². The molecule has 14 heavy (non-hydrogen) atoms. The van der Waals surface area contributed by atoms with E-state index >= 15 is 0 Å². The molecule has 0 saturated carbocycles. The summed E-state index contributed by atoms with van der Waals surface area (Å²) in [5, 5.41) is 0. The van der Waals surface area contributed by atoms with Crippen molar-refractivity contribution in [1.29, 1.82) is 0 Å². The third kappa shape index (κ3) is 9.41. The second-order valence-corrected chi connectivity index (χ2v) is 2.15. The summed E-state index contributed by atoms with van der Waals surface area (Å²) in [6.07, 6.45) is 0. The van der Waals surface area contributed by atoms with Gasteiger partial charge in [-0.15, -0.1) is 0 Å². The standard InChI is InChI=1S/2C6H5.H2O.Tl/c2*1-2-4-6-5-3-1;;/h2*1-5H;1H2;/q;;;+1/p-1. The Kier molecular flexibility index (Phi) is 13.9. The molecule has 68 valence electrons. The number of hydrogen-bond acceptors (Lipinski definition) is 1. The van der Waals surface area contributed by atoms with E-state index in [1.807, 2.05) is 60.7 Å². The zero-order valence-electron chi connectivity index (χ0n) is 7.80. The van der Waals surface area contributed by atoms with Crippen molar-refractivity contribution in [3.63, 3.8) is 0 Å². The van der Waals surface area contributed by atoms with Crippen LogP contribution in [0.25, 0.3) is 0 Å². The van der Waals surface area contributed by atoms with E-state index in [0.29, 0.717) is 0 Å². The number of hydrogen-bond donors (Lipinski definition) is 0. The molecule has 1 N–H and O–H groups in total. The minimum atomic E-state index is 0. The van der Waals surface area contributed by atoms with E-state index in [0.717, 1.165) is 0 Å². The fourth-order valence-corrected chi connectivity index (χ4v) is 0.684. The average molecular weight is 376 g/mol. The van der Waals surface area contributed by atoms with E-state index in [1.165, 1.54) is 0 Å². The van der Waals surface area contributed by atoms with Crippen LogP contribution >= 0.6 is 0 Å². The molecule has 2 radical (unpaired) electrons. The van der Waals surface area contributed by atoms with Gasteiger partial charge in [-0.1, -0.05) is 60.7 Å². The third-order valence-electron chi connectivity index (χ3n) is 1.21. The van der Waals surface area contributed by atoms with E-state index in [-0.39, 0.29) is 32.8 Å². The molecule has 0 aliphatic heterocycles. The van der Waals surface area contributed by atoms with Gasteiger partial charge in [-0.25, -0.2) is 0 Å². The van der Waals surface area contributed by atoms with Gasteiger partial charge in [-0.3, -0.25) is 0 Å². The molecule has 2 aromatic rings. The maximum Gasteiger partial charge on any atom is 1.00 e. The fraction of sp³-hybridized carbons (Fsp3) is 0. The Hall–Kier alpha value is -0.678. The van der Waals surface area contributed by atoms with Gasteiger partial charge in [-0.05, 0) is 12.1 Å². The normalized spacial score (nSPS) is 6.86. The second-order valence-electron chi connectivity index (χ2n) is 2.15. The first kappa shape index (κ1) is 15.8. The van der Waals surface area contributed by atoms with Gasteiger partial charge in [0.15, 0.2) is 0 Å². The molecule has 0 aliphatic carbocycles. The molecule has 0 fully saturated rings. The summed E-state index contributed by atoms with van der Waals surface area (Å²) in [4.78, 5) is 0. The van der Waals surface area contributed by atoms with Gasteiger partial charge in [0.25, 0.3) is 0 Å². The van der Waals surface area contributed by atoms with Crippen LogP contribution < -0.4 is 0 Å². The van der Waals surface area contributed by atoms with Gasteiger partial charge in [0, 0.05) is 0 Å². The van der Waals surface area contributed by atoms with Crippen LogP contribution in [0.4, 0.5) is 0 Å². The number of rotatable bonds is 0. The molecule has 2 rings (SSSR count).